The van der Waals surface area contributed by atoms with E-state index in [0.717, 1.165) is 11.1 Å². The maximum atomic E-state index is 14.0. The fraction of sp³-hybridized carbons (Fsp3) is 0.611. The summed E-state index contributed by atoms with van der Waals surface area (Å²) in [6.07, 6.45) is 1.91. The first-order valence-corrected chi connectivity index (χ1v) is 17.2. The van der Waals surface area contributed by atoms with Crippen molar-refractivity contribution in [1.29, 1.82) is 0 Å². The summed E-state index contributed by atoms with van der Waals surface area (Å²) in [5.74, 6) is -1.49. The van der Waals surface area contributed by atoms with Crippen molar-refractivity contribution >= 4 is 41.2 Å². The second-order valence-corrected chi connectivity index (χ2v) is 14.0. The number of rotatable bonds is 7. The average molecular weight is 720 g/mol. The van der Waals surface area contributed by atoms with Crippen LogP contribution in [0, 0.1) is 5.92 Å². The summed E-state index contributed by atoms with van der Waals surface area (Å²) >= 11 is 6.74. The molecule has 4 bridgehead atoms. The topological polar surface area (TPSA) is 156 Å². The molecule has 0 aliphatic carbocycles. The van der Waals surface area contributed by atoms with Gasteiger partial charge in [0, 0.05) is 40.0 Å². The van der Waals surface area contributed by atoms with Crippen LogP contribution < -0.4 is 15.0 Å². The molecule has 0 radical (unpaired) electrons. The van der Waals surface area contributed by atoms with Crippen molar-refractivity contribution in [2.24, 2.45) is 5.92 Å². The van der Waals surface area contributed by atoms with Crippen LogP contribution in [-0.4, -0.2) is 104 Å². The molecule has 2 N–H and O–H groups in total. The van der Waals surface area contributed by atoms with Crippen molar-refractivity contribution in [3.8, 4) is 5.75 Å². The molecule has 2 saturated heterocycles. The Bertz CT molecular complexity index is 1530. The summed E-state index contributed by atoms with van der Waals surface area (Å²) in [7, 11) is 6.03. The molecule has 50 heavy (non-hydrogen) atoms. The predicted molar refractivity (Wildman–Crippen MR) is 186 cm³/mol. The fourth-order valence-electron chi connectivity index (χ4n) is 6.61. The highest BCUT2D eigenvalue weighted by atomic mass is 35.5. The predicted octanol–water partition coefficient (Wildman–Crippen LogP) is 4.31. The van der Waals surface area contributed by atoms with Crippen LogP contribution in [0.1, 0.15) is 65.9 Å². The number of fused-ring (bicyclic) bond motifs is 5. The molecule has 3 heterocycles. The van der Waals surface area contributed by atoms with Gasteiger partial charge in [-0.2, -0.15) is 0 Å². The zero-order chi connectivity index (χ0) is 37.1. The average Bonchev–Trinajstić information content (AvgIpc) is 3.76. The largest absolute Gasteiger partial charge is 0.495 e. The van der Waals surface area contributed by atoms with E-state index in [2.05, 4.69) is 5.32 Å². The van der Waals surface area contributed by atoms with E-state index >= 15 is 0 Å². The van der Waals surface area contributed by atoms with Gasteiger partial charge in [-0.25, -0.2) is 9.59 Å². The van der Waals surface area contributed by atoms with Crippen LogP contribution in [0.2, 0.25) is 5.02 Å². The molecule has 1 aromatic carbocycles. The van der Waals surface area contributed by atoms with Gasteiger partial charge >= 0.3 is 12.1 Å². The number of carbonyl (C=O) groups is 4. The lowest BCUT2D eigenvalue weighted by atomic mass is 9.83. The van der Waals surface area contributed by atoms with Crippen molar-refractivity contribution in [3.05, 3.63) is 46.5 Å². The van der Waals surface area contributed by atoms with Gasteiger partial charge in [0.15, 0.2) is 5.72 Å². The number of alkyl carbamates (subject to hydrolysis) is 1. The third kappa shape index (κ3) is 8.28. The van der Waals surface area contributed by atoms with E-state index in [-0.39, 0.29) is 30.2 Å². The van der Waals surface area contributed by atoms with Gasteiger partial charge < -0.3 is 38.6 Å². The third-order valence-corrected chi connectivity index (χ3v) is 10.4. The smallest absolute Gasteiger partial charge is 0.409 e. The summed E-state index contributed by atoms with van der Waals surface area (Å²) in [4.78, 5) is 55.7. The first-order chi connectivity index (χ1) is 23.5. The number of ether oxygens (including phenoxy) is 5. The minimum atomic E-state index is -1.82. The summed E-state index contributed by atoms with van der Waals surface area (Å²) in [5.41, 5.74) is -0.868. The summed E-state index contributed by atoms with van der Waals surface area (Å²) in [5, 5.41) is 14.4. The van der Waals surface area contributed by atoms with Crippen LogP contribution >= 0.6 is 11.6 Å². The molecule has 276 valence electrons. The molecular weight excluding hydrogens is 670 g/mol. The quantitative estimate of drug-likeness (QED) is 0.308. The number of aliphatic hydroxyl groups is 1. The van der Waals surface area contributed by atoms with Crippen molar-refractivity contribution in [2.75, 3.05) is 33.2 Å². The first-order valence-electron chi connectivity index (χ1n) is 16.8. The van der Waals surface area contributed by atoms with E-state index in [0.29, 0.717) is 24.3 Å². The second kappa shape index (κ2) is 15.7. The lowest BCUT2D eigenvalue weighted by Crippen LogP contribution is -2.63. The molecule has 1 unspecified atom stereocenters. The van der Waals surface area contributed by atoms with Gasteiger partial charge in [-0.3, -0.25) is 14.9 Å². The monoisotopic (exact) mass is 719 g/mol. The fourth-order valence-corrected chi connectivity index (χ4v) is 6.92. The van der Waals surface area contributed by atoms with Crippen LogP contribution in [0.5, 0.6) is 5.75 Å². The standard InChI is InChI=1S/C36H50ClN3O10/c1-10-12-29(41)39(6)22(4)33(43)49-28-18-30(42)40(7)24-16-23(17-25(46-8)31(24)37)15-20(2)13-11-14-27(47-9)36(45)19-26(48-34(44)38-36)21(3)32-35(28,5)50-32/h11,13-14,16-17,21-22,26-28,32,45H,10,12,15,18-19H2,1-9H3,(H,38,44)/b14-11+,20-13+/t21-,22+,26+,27-,28+,32?,35-,36+/m1/s1. The number of esters is 1. The number of hydrogen-bond acceptors (Lipinski definition) is 10. The number of halogens is 1. The van der Waals surface area contributed by atoms with E-state index < -0.39 is 65.7 Å². The molecule has 0 aromatic heterocycles. The molecule has 0 saturated carbocycles. The number of allylic oxidation sites excluding steroid dienone is 3. The first kappa shape index (κ1) is 39.1. The van der Waals surface area contributed by atoms with Crippen LogP contribution in [0.3, 0.4) is 0 Å². The number of benzene rings is 1. The van der Waals surface area contributed by atoms with Gasteiger partial charge in [0.1, 0.15) is 40.7 Å². The molecule has 3 aliphatic rings. The molecule has 4 rings (SSSR count). The van der Waals surface area contributed by atoms with Crippen LogP contribution in [0.25, 0.3) is 0 Å². The van der Waals surface area contributed by atoms with Crippen LogP contribution in [0.4, 0.5) is 10.5 Å². The number of nitrogens with one attached hydrogen (secondary N) is 1. The van der Waals surface area contributed by atoms with E-state index in [9.17, 15) is 24.3 Å². The Morgan fingerprint density at radius 2 is 1.96 bits per heavy atom. The zero-order valence-electron chi connectivity index (χ0n) is 30.3. The minimum absolute atomic E-state index is 0.0426. The third-order valence-electron chi connectivity index (χ3n) is 9.99. The normalized spacial score (nSPS) is 32.3. The van der Waals surface area contributed by atoms with Gasteiger partial charge in [0.05, 0.1) is 25.3 Å². The molecule has 3 amide bonds. The lowest BCUT2D eigenvalue weighted by molar-refractivity contribution is -0.162. The molecule has 1 aromatic rings. The maximum Gasteiger partial charge on any atom is 0.409 e. The minimum Gasteiger partial charge on any atom is -0.495 e. The molecule has 8 atom stereocenters. The zero-order valence-corrected chi connectivity index (χ0v) is 31.0. The number of epoxide rings is 1. The van der Waals surface area contributed by atoms with E-state index in [1.165, 1.54) is 31.1 Å². The molecule has 2 fully saturated rings. The Labute approximate surface area is 298 Å². The molecule has 13 nitrogen and oxygen atoms in total. The summed E-state index contributed by atoms with van der Waals surface area (Å²) < 4.78 is 29.1. The van der Waals surface area contributed by atoms with E-state index in [4.69, 9.17) is 35.3 Å². The number of methoxy groups -OCH3 is 2. The number of carbonyl (C=O) groups excluding carboxylic acids is 4. The van der Waals surface area contributed by atoms with Gasteiger partial charge in [0.2, 0.25) is 11.8 Å². The highest BCUT2D eigenvalue weighted by Gasteiger charge is 2.64. The van der Waals surface area contributed by atoms with Gasteiger partial charge in [-0.15, -0.1) is 0 Å². The Kier molecular flexibility index (Phi) is 12.3. The van der Waals surface area contributed by atoms with Gasteiger partial charge in [-0.1, -0.05) is 49.2 Å². The van der Waals surface area contributed by atoms with Crippen LogP contribution in [-0.2, 0) is 39.8 Å². The Balaban J connectivity index is 1.78. The number of hydrogen-bond donors (Lipinski definition) is 2. The molecular formula is C36H50ClN3O10. The number of anilines is 1. The van der Waals surface area contributed by atoms with E-state index in [1.54, 1.807) is 52.1 Å². The molecule has 0 spiro atoms. The summed E-state index contributed by atoms with van der Waals surface area (Å²) in [6.45, 7) is 8.88. The Morgan fingerprint density at radius 1 is 1.26 bits per heavy atom. The maximum absolute atomic E-state index is 14.0. The van der Waals surface area contributed by atoms with Crippen molar-refractivity contribution in [2.45, 2.75) is 109 Å². The lowest BCUT2D eigenvalue weighted by Gasteiger charge is -2.42. The Hall–Kier alpha value is -3.65. The molecule has 14 heteroatoms. The number of likely N-dealkylation sites (N-methyl/N-ethyl adjacent to an activating group) is 1. The number of amides is 3. The Morgan fingerprint density at radius 3 is 2.60 bits per heavy atom. The van der Waals surface area contributed by atoms with Gasteiger partial charge in [0.25, 0.3) is 0 Å². The van der Waals surface area contributed by atoms with Crippen LogP contribution in [0.15, 0.2) is 35.9 Å². The van der Waals surface area contributed by atoms with E-state index in [1.807, 2.05) is 19.9 Å². The summed E-state index contributed by atoms with van der Waals surface area (Å²) in [6, 6.07) is 2.65. The van der Waals surface area contributed by atoms with Crippen molar-refractivity contribution < 1.29 is 48.0 Å². The van der Waals surface area contributed by atoms with Gasteiger partial charge in [-0.05, 0) is 51.3 Å². The van der Waals surface area contributed by atoms with Crippen molar-refractivity contribution in [1.82, 2.24) is 10.2 Å². The van der Waals surface area contributed by atoms with Crippen molar-refractivity contribution in [3.63, 3.8) is 0 Å². The highest BCUT2D eigenvalue weighted by molar-refractivity contribution is 6.35. The second-order valence-electron chi connectivity index (χ2n) is 13.7. The highest BCUT2D eigenvalue weighted by Crippen LogP contribution is 2.49. The molecule has 3 aliphatic heterocycles. The SMILES string of the molecule is CCCC(=O)N(C)[C@@H](C)C(=O)O[C@H]1CC(=O)N(C)c2cc(cc(OC)c2Cl)C/C(C)=C/C=C/[C@@H](OC)[C@@]2(O)C[C@H](OC(=O)N2)[C@@H](C)C2O[C@@]21C. The number of nitrogens with zero attached hydrogens (tertiary/aromatic N) is 2.